The van der Waals surface area contributed by atoms with E-state index in [1.54, 1.807) is 25.1 Å². The number of aliphatic hydroxyl groups is 1. The number of sulfone groups is 1. The van der Waals surface area contributed by atoms with Crippen LogP contribution in [-0.4, -0.2) is 32.1 Å². The van der Waals surface area contributed by atoms with Crippen LogP contribution in [0.5, 0.6) is 5.75 Å². The fourth-order valence-corrected chi connectivity index (χ4v) is 2.84. The Morgan fingerprint density at radius 1 is 1.42 bits per heavy atom. The van der Waals surface area contributed by atoms with Gasteiger partial charge < -0.3 is 9.84 Å². The molecule has 0 heterocycles. The van der Waals surface area contributed by atoms with Gasteiger partial charge in [-0.25, -0.2) is 8.42 Å². The summed E-state index contributed by atoms with van der Waals surface area (Å²) in [5, 5.41) is 10.6. The van der Waals surface area contributed by atoms with Gasteiger partial charge >= 0.3 is 0 Å². The summed E-state index contributed by atoms with van der Waals surface area (Å²) in [6.07, 6.45) is -0.0103. The van der Waals surface area contributed by atoms with Gasteiger partial charge in [0.25, 0.3) is 0 Å². The molecule has 0 aromatic heterocycles. The van der Waals surface area contributed by atoms with E-state index in [2.05, 4.69) is 0 Å². The van der Waals surface area contributed by atoms with Crippen molar-refractivity contribution in [3.63, 3.8) is 0 Å². The molecule has 6 heteroatoms. The van der Waals surface area contributed by atoms with Gasteiger partial charge in [-0.15, -0.1) is 0 Å². The fraction of sp³-hybridized carbons (Fsp3) is 0.538. The minimum atomic E-state index is -2.99. The lowest BCUT2D eigenvalue weighted by molar-refractivity contribution is 0.162. The van der Waals surface area contributed by atoms with Crippen molar-refractivity contribution in [2.75, 3.05) is 18.6 Å². The van der Waals surface area contributed by atoms with E-state index in [9.17, 15) is 13.5 Å². The highest BCUT2D eigenvalue weighted by Gasteiger charge is 2.15. The van der Waals surface area contributed by atoms with Gasteiger partial charge in [0.05, 0.1) is 19.0 Å². The zero-order valence-corrected chi connectivity index (χ0v) is 12.7. The van der Waals surface area contributed by atoms with E-state index in [0.717, 1.165) is 0 Å². The van der Waals surface area contributed by atoms with Gasteiger partial charge in [-0.1, -0.05) is 18.5 Å². The second-order valence-corrected chi connectivity index (χ2v) is 7.19. The van der Waals surface area contributed by atoms with E-state index in [-0.39, 0.29) is 11.5 Å². The maximum atomic E-state index is 11.4. The number of rotatable bonds is 7. The Morgan fingerprint density at radius 2 is 2.11 bits per heavy atom. The normalized spacial score (nSPS) is 13.3. The number of methoxy groups -OCH3 is 1. The number of benzene rings is 1. The SMILES string of the molecule is CCS(=O)(=O)CCCC(O)c1cc(Cl)ccc1OC. The first-order chi connectivity index (χ1) is 8.89. The van der Waals surface area contributed by atoms with Gasteiger partial charge in [0.2, 0.25) is 0 Å². The standard InChI is InChI=1S/C13H19ClO4S/c1-3-19(16,17)8-4-5-12(15)11-9-10(14)6-7-13(11)18-2/h6-7,9,12,15H,3-5,8H2,1-2H3. The molecule has 1 aromatic rings. The summed E-state index contributed by atoms with van der Waals surface area (Å²) in [5.74, 6) is 0.766. The molecule has 0 aliphatic rings. The van der Waals surface area contributed by atoms with Crippen molar-refractivity contribution in [2.45, 2.75) is 25.9 Å². The van der Waals surface area contributed by atoms with E-state index in [1.807, 2.05) is 0 Å². The molecule has 0 spiro atoms. The molecule has 108 valence electrons. The van der Waals surface area contributed by atoms with Crippen molar-refractivity contribution in [2.24, 2.45) is 0 Å². The predicted octanol–water partition coefficient (Wildman–Crippen LogP) is 2.60. The van der Waals surface area contributed by atoms with Crippen LogP contribution in [0, 0.1) is 0 Å². The molecule has 1 atom stereocenters. The molecule has 0 saturated heterocycles. The zero-order chi connectivity index (χ0) is 14.5. The predicted molar refractivity (Wildman–Crippen MR) is 76.5 cm³/mol. The topological polar surface area (TPSA) is 63.6 Å². The van der Waals surface area contributed by atoms with Crippen molar-refractivity contribution in [3.8, 4) is 5.75 Å². The molecular weight excluding hydrogens is 288 g/mol. The molecule has 0 aliphatic carbocycles. The lowest BCUT2D eigenvalue weighted by Crippen LogP contribution is -2.10. The Hall–Kier alpha value is -0.780. The highest BCUT2D eigenvalue weighted by molar-refractivity contribution is 7.91. The van der Waals surface area contributed by atoms with Gasteiger partial charge in [0.1, 0.15) is 15.6 Å². The highest BCUT2D eigenvalue weighted by Crippen LogP contribution is 2.30. The van der Waals surface area contributed by atoms with E-state index >= 15 is 0 Å². The first-order valence-electron chi connectivity index (χ1n) is 6.11. The number of hydrogen-bond acceptors (Lipinski definition) is 4. The molecule has 1 rings (SSSR count). The molecule has 4 nitrogen and oxygen atoms in total. The monoisotopic (exact) mass is 306 g/mol. The Labute approximate surface area is 119 Å². The third-order valence-electron chi connectivity index (χ3n) is 2.92. The molecular formula is C13H19ClO4S. The quantitative estimate of drug-likeness (QED) is 0.841. The zero-order valence-electron chi connectivity index (χ0n) is 11.1. The van der Waals surface area contributed by atoms with E-state index in [1.165, 1.54) is 7.11 Å². The number of halogens is 1. The molecule has 1 N–H and O–H groups in total. The highest BCUT2D eigenvalue weighted by atomic mass is 35.5. The van der Waals surface area contributed by atoms with E-state index in [0.29, 0.717) is 29.2 Å². The summed E-state index contributed by atoms with van der Waals surface area (Å²) in [7, 11) is -1.47. The summed E-state index contributed by atoms with van der Waals surface area (Å²) >= 11 is 5.88. The Morgan fingerprint density at radius 3 is 2.68 bits per heavy atom. The molecule has 1 unspecified atom stereocenters. The van der Waals surface area contributed by atoms with Crippen molar-refractivity contribution < 1.29 is 18.3 Å². The second kappa shape index (κ2) is 7.12. The first kappa shape index (κ1) is 16.3. The third-order valence-corrected chi connectivity index (χ3v) is 4.95. The van der Waals surface area contributed by atoms with Crippen LogP contribution in [0.2, 0.25) is 5.02 Å². The molecule has 0 aliphatic heterocycles. The summed E-state index contributed by atoms with van der Waals surface area (Å²) in [4.78, 5) is 0. The van der Waals surface area contributed by atoms with Gasteiger partial charge in [0.15, 0.2) is 0 Å². The number of ether oxygens (including phenoxy) is 1. The molecule has 0 saturated carbocycles. The smallest absolute Gasteiger partial charge is 0.150 e. The van der Waals surface area contributed by atoms with Gasteiger partial charge in [-0.05, 0) is 31.0 Å². The van der Waals surface area contributed by atoms with Crippen molar-refractivity contribution in [1.82, 2.24) is 0 Å². The van der Waals surface area contributed by atoms with Crippen LogP contribution in [0.15, 0.2) is 18.2 Å². The van der Waals surface area contributed by atoms with Gasteiger partial charge in [0, 0.05) is 16.3 Å². The summed E-state index contributed by atoms with van der Waals surface area (Å²) in [5.41, 5.74) is 0.587. The van der Waals surface area contributed by atoms with Crippen LogP contribution in [0.4, 0.5) is 0 Å². The van der Waals surface area contributed by atoms with E-state index < -0.39 is 15.9 Å². The van der Waals surface area contributed by atoms with Crippen LogP contribution in [0.3, 0.4) is 0 Å². The van der Waals surface area contributed by atoms with Crippen molar-refractivity contribution in [1.29, 1.82) is 0 Å². The molecule has 0 radical (unpaired) electrons. The average Bonchev–Trinajstić information content (AvgIpc) is 2.38. The molecule has 1 aromatic carbocycles. The largest absolute Gasteiger partial charge is 0.496 e. The third kappa shape index (κ3) is 5.01. The van der Waals surface area contributed by atoms with Crippen molar-refractivity contribution in [3.05, 3.63) is 28.8 Å². The maximum absolute atomic E-state index is 11.4. The summed E-state index contributed by atoms with van der Waals surface area (Å²) < 4.78 is 27.9. The molecule has 19 heavy (non-hydrogen) atoms. The summed E-state index contributed by atoms with van der Waals surface area (Å²) in [6, 6.07) is 5.00. The van der Waals surface area contributed by atoms with Crippen LogP contribution in [0.25, 0.3) is 0 Å². The molecule has 0 fully saturated rings. The minimum absolute atomic E-state index is 0.0867. The Balaban J connectivity index is 2.68. The van der Waals surface area contributed by atoms with Crippen LogP contribution < -0.4 is 4.74 Å². The van der Waals surface area contributed by atoms with Crippen molar-refractivity contribution >= 4 is 21.4 Å². The lowest BCUT2D eigenvalue weighted by atomic mass is 10.0. The van der Waals surface area contributed by atoms with E-state index in [4.69, 9.17) is 16.3 Å². The van der Waals surface area contributed by atoms with Crippen LogP contribution in [0.1, 0.15) is 31.4 Å². The average molecular weight is 307 g/mol. The summed E-state index contributed by atoms with van der Waals surface area (Å²) in [6.45, 7) is 1.62. The molecule has 0 amide bonds. The fourth-order valence-electron chi connectivity index (χ4n) is 1.76. The van der Waals surface area contributed by atoms with Crippen LogP contribution >= 0.6 is 11.6 Å². The second-order valence-electron chi connectivity index (χ2n) is 4.28. The lowest BCUT2D eigenvalue weighted by Gasteiger charge is -2.15. The maximum Gasteiger partial charge on any atom is 0.150 e. The Bertz CT molecular complexity index is 513. The molecule has 0 bridgehead atoms. The first-order valence-corrected chi connectivity index (χ1v) is 8.31. The Kier molecular flexibility index (Phi) is 6.10. The number of hydrogen-bond donors (Lipinski definition) is 1. The minimum Gasteiger partial charge on any atom is -0.496 e. The van der Waals surface area contributed by atoms with Crippen LogP contribution in [-0.2, 0) is 9.84 Å². The van der Waals surface area contributed by atoms with Gasteiger partial charge in [-0.3, -0.25) is 0 Å². The van der Waals surface area contributed by atoms with Gasteiger partial charge in [-0.2, -0.15) is 0 Å². The number of aliphatic hydroxyl groups excluding tert-OH is 1.